The first kappa shape index (κ1) is 11.2. The van der Waals surface area contributed by atoms with Crippen molar-refractivity contribution in [1.82, 2.24) is 9.71 Å². The van der Waals surface area contributed by atoms with Gasteiger partial charge in [-0.2, -0.15) is 0 Å². The first-order valence-corrected chi connectivity index (χ1v) is 6.04. The number of fused-ring (bicyclic) bond motifs is 1. The number of benzene rings is 1. The molecule has 0 aliphatic heterocycles. The van der Waals surface area contributed by atoms with Crippen LogP contribution in [0.2, 0.25) is 0 Å². The van der Waals surface area contributed by atoms with Crippen molar-refractivity contribution in [3.05, 3.63) is 36.0 Å². The molecule has 2 aromatic rings. The molecule has 3 nitrogen and oxygen atoms in total. The molecule has 1 aromatic carbocycles. The highest BCUT2D eigenvalue weighted by Crippen LogP contribution is 2.17. The van der Waals surface area contributed by atoms with Crippen LogP contribution in [-0.4, -0.2) is 16.6 Å². The molecule has 84 valence electrons. The lowest BCUT2D eigenvalue weighted by atomic mass is 10.1. The van der Waals surface area contributed by atoms with Crippen LogP contribution in [0.3, 0.4) is 0 Å². The van der Waals surface area contributed by atoms with E-state index in [9.17, 15) is 4.79 Å². The fraction of sp³-hybridized carbons (Fsp3) is 0.250. The predicted molar refractivity (Wildman–Crippen MR) is 68.3 cm³/mol. The third-order valence-electron chi connectivity index (χ3n) is 2.39. The average molecular weight is 234 g/mol. The summed E-state index contributed by atoms with van der Waals surface area (Å²) in [4.78, 5) is 13.9. The molecule has 0 amide bonds. The standard InChI is InChI=1S/C12H14N2OS/c1-9(15)16-14-7-6-10-8-13-12-5-3-2-4-11(10)12/h2-5,8,13-14H,6-7H2,1H3. The Morgan fingerprint density at radius 2 is 2.25 bits per heavy atom. The highest BCUT2D eigenvalue weighted by Gasteiger charge is 2.02. The molecule has 1 heterocycles. The first-order chi connectivity index (χ1) is 7.77. The Hall–Kier alpha value is -1.26. The summed E-state index contributed by atoms with van der Waals surface area (Å²) in [7, 11) is 0. The summed E-state index contributed by atoms with van der Waals surface area (Å²) in [6, 6.07) is 8.24. The van der Waals surface area contributed by atoms with Gasteiger partial charge in [0.15, 0.2) is 0 Å². The zero-order valence-corrected chi connectivity index (χ0v) is 9.93. The van der Waals surface area contributed by atoms with Gasteiger partial charge in [0.1, 0.15) is 0 Å². The SMILES string of the molecule is CC(=O)SNCCc1c[nH]c2ccccc12. The third kappa shape index (κ3) is 2.65. The fourth-order valence-electron chi connectivity index (χ4n) is 1.68. The average Bonchev–Trinajstić information content (AvgIpc) is 2.68. The maximum Gasteiger partial charge on any atom is 0.200 e. The second kappa shape index (κ2) is 5.18. The van der Waals surface area contributed by atoms with Crippen molar-refractivity contribution in [3.63, 3.8) is 0 Å². The van der Waals surface area contributed by atoms with Crippen LogP contribution in [0, 0.1) is 0 Å². The second-order valence-electron chi connectivity index (χ2n) is 3.60. The third-order valence-corrected chi connectivity index (χ3v) is 3.02. The van der Waals surface area contributed by atoms with Crippen LogP contribution in [-0.2, 0) is 11.2 Å². The van der Waals surface area contributed by atoms with Crippen molar-refractivity contribution >= 4 is 28.0 Å². The summed E-state index contributed by atoms with van der Waals surface area (Å²) < 4.78 is 3.04. The number of carbonyl (C=O) groups excluding carboxylic acids is 1. The molecule has 0 fully saturated rings. The minimum atomic E-state index is 0.0962. The van der Waals surface area contributed by atoms with E-state index in [4.69, 9.17) is 0 Å². The van der Waals surface area contributed by atoms with Crippen molar-refractivity contribution in [2.75, 3.05) is 6.54 Å². The van der Waals surface area contributed by atoms with Gasteiger partial charge in [-0.1, -0.05) is 18.2 Å². The molecule has 0 aliphatic carbocycles. The van der Waals surface area contributed by atoms with Crippen LogP contribution in [0.1, 0.15) is 12.5 Å². The first-order valence-electron chi connectivity index (χ1n) is 5.22. The van der Waals surface area contributed by atoms with E-state index in [1.54, 1.807) is 6.92 Å². The fourth-order valence-corrected chi connectivity index (χ4v) is 2.08. The molecular formula is C12H14N2OS. The summed E-state index contributed by atoms with van der Waals surface area (Å²) in [6.45, 7) is 2.36. The smallest absolute Gasteiger partial charge is 0.200 e. The van der Waals surface area contributed by atoms with Gasteiger partial charge in [0.05, 0.1) is 0 Å². The number of nitrogens with one attached hydrogen (secondary N) is 2. The lowest BCUT2D eigenvalue weighted by Crippen LogP contribution is -2.10. The Morgan fingerprint density at radius 3 is 3.06 bits per heavy atom. The van der Waals surface area contributed by atoms with E-state index in [1.165, 1.54) is 10.9 Å². The molecule has 0 spiro atoms. The van der Waals surface area contributed by atoms with Crippen LogP contribution >= 0.6 is 11.9 Å². The topological polar surface area (TPSA) is 44.9 Å². The number of rotatable bonds is 4. The Morgan fingerprint density at radius 1 is 1.44 bits per heavy atom. The molecule has 16 heavy (non-hydrogen) atoms. The number of aromatic amines is 1. The van der Waals surface area contributed by atoms with Crippen molar-refractivity contribution < 1.29 is 4.79 Å². The van der Waals surface area contributed by atoms with Gasteiger partial charge in [0.25, 0.3) is 0 Å². The van der Waals surface area contributed by atoms with E-state index in [1.807, 2.05) is 18.3 Å². The second-order valence-corrected chi connectivity index (χ2v) is 4.67. The van der Waals surface area contributed by atoms with E-state index in [0.717, 1.165) is 30.4 Å². The molecule has 0 bridgehead atoms. The highest BCUT2D eigenvalue weighted by atomic mass is 32.2. The zero-order valence-electron chi connectivity index (χ0n) is 9.12. The van der Waals surface area contributed by atoms with Gasteiger partial charge >= 0.3 is 0 Å². The van der Waals surface area contributed by atoms with Gasteiger partial charge in [0.2, 0.25) is 5.12 Å². The van der Waals surface area contributed by atoms with Gasteiger partial charge in [-0.3, -0.25) is 9.52 Å². The maximum absolute atomic E-state index is 10.7. The van der Waals surface area contributed by atoms with E-state index in [0.29, 0.717) is 0 Å². The van der Waals surface area contributed by atoms with Crippen molar-refractivity contribution in [3.8, 4) is 0 Å². The Kier molecular flexibility index (Phi) is 3.64. The van der Waals surface area contributed by atoms with Crippen LogP contribution < -0.4 is 4.72 Å². The Bertz CT molecular complexity index is 492. The van der Waals surface area contributed by atoms with E-state index in [-0.39, 0.29) is 5.12 Å². The molecule has 2 N–H and O–H groups in total. The lowest BCUT2D eigenvalue weighted by molar-refractivity contribution is -0.109. The predicted octanol–water partition coefficient (Wildman–Crippen LogP) is 2.49. The van der Waals surface area contributed by atoms with Crippen LogP contribution in [0.4, 0.5) is 0 Å². The van der Waals surface area contributed by atoms with Crippen LogP contribution in [0.25, 0.3) is 10.9 Å². The van der Waals surface area contributed by atoms with Gasteiger partial charge in [-0.05, 0) is 30.0 Å². The molecule has 0 saturated carbocycles. The highest BCUT2D eigenvalue weighted by molar-refractivity contribution is 8.11. The summed E-state index contributed by atoms with van der Waals surface area (Å²) >= 11 is 1.16. The molecule has 0 aliphatic rings. The molecule has 0 unspecified atom stereocenters. The molecule has 0 atom stereocenters. The number of para-hydroxylation sites is 1. The minimum Gasteiger partial charge on any atom is -0.361 e. The number of H-pyrrole nitrogens is 1. The number of aromatic nitrogens is 1. The quantitative estimate of drug-likeness (QED) is 0.631. The summed E-state index contributed by atoms with van der Waals surface area (Å²) in [6.07, 6.45) is 2.95. The van der Waals surface area contributed by atoms with Gasteiger partial charge in [0, 0.05) is 30.6 Å². The van der Waals surface area contributed by atoms with E-state index < -0.39 is 0 Å². The largest absolute Gasteiger partial charge is 0.361 e. The van der Waals surface area contributed by atoms with Crippen molar-refractivity contribution in [2.24, 2.45) is 0 Å². The molecule has 4 heteroatoms. The Balaban J connectivity index is 1.97. The van der Waals surface area contributed by atoms with Crippen molar-refractivity contribution in [2.45, 2.75) is 13.3 Å². The molecule has 0 saturated heterocycles. The maximum atomic E-state index is 10.7. The number of hydrogen-bond donors (Lipinski definition) is 2. The van der Waals surface area contributed by atoms with Gasteiger partial charge in [-0.25, -0.2) is 0 Å². The monoisotopic (exact) mass is 234 g/mol. The van der Waals surface area contributed by atoms with E-state index in [2.05, 4.69) is 21.8 Å². The van der Waals surface area contributed by atoms with Crippen LogP contribution in [0.15, 0.2) is 30.5 Å². The summed E-state index contributed by atoms with van der Waals surface area (Å²) in [5, 5.41) is 1.36. The summed E-state index contributed by atoms with van der Waals surface area (Å²) in [5.41, 5.74) is 2.45. The normalized spacial score (nSPS) is 10.8. The Labute approximate surface area is 98.8 Å². The number of carbonyl (C=O) groups is 1. The minimum absolute atomic E-state index is 0.0962. The van der Waals surface area contributed by atoms with Crippen molar-refractivity contribution in [1.29, 1.82) is 0 Å². The van der Waals surface area contributed by atoms with Gasteiger partial charge in [-0.15, -0.1) is 0 Å². The molecule has 2 rings (SSSR count). The van der Waals surface area contributed by atoms with Crippen LogP contribution in [0.5, 0.6) is 0 Å². The summed E-state index contributed by atoms with van der Waals surface area (Å²) in [5.74, 6) is 0. The lowest BCUT2D eigenvalue weighted by Gasteiger charge is -2.00. The molecular weight excluding hydrogens is 220 g/mol. The van der Waals surface area contributed by atoms with Gasteiger partial charge < -0.3 is 4.98 Å². The molecule has 1 aromatic heterocycles. The molecule has 0 radical (unpaired) electrons. The number of hydrogen-bond acceptors (Lipinski definition) is 3. The van der Waals surface area contributed by atoms with E-state index >= 15 is 0 Å². The zero-order chi connectivity index (χ0) is 11.4.